The van der Waals surface area contributed by atoms with Crippen molar-refractivity contribution in [1.82, 2.24) is 25.2 Å². The number of hydrogen-bond donors (Lipinski definition) is 2. The number of aromatic nitrogens is 3. The van der Waals surface area contributed by atoms with Gasteiger partial charge in [-0.15, -0.1) is 11.3 Å². The molecular weight excluding hydrogens is 382 g/mol. The third-order valence-corrected chi connectivity index (χ3v) is 5.92. The average molecular weight is 410 g/mol. The number of aliphatic imine (C=N–C) groups is 1. The molecule has 3 aromatic heterocycles. The van der Waals surface area contributed by atoms with Crippen LogP contribution in [0.3, 0.4) is 0 Å². The Morgan fingerprint density at radius 1 is 1.28 bits per heavy atom. The zero-order valence-corrected chi connectivity index (χ0v) is 17.5. The molecule has 0 saturated carbocycles. The molecule has 2 N–H and O–H groups in total. The van der Waals surface area contributed by atoms with E-state index in [0.717, 1.165) is 49.8 Å². The summed E-state index contributed by atoms with van der Waals surface area (Å²) in [5, 5.41) is 10.5. The quantitative estimate of drug-likeness (QED) is 0.484. The van der Waals surface area contributed by atoms with Crippen LogP contribution in [-0.2, 0) is 6.54 Å². The molecule has 0 bridgehead atoms. The Kier molecular flexibility index (Phi) is 6.41. The van der Waals surface area contributed by atoms with E-state index in [4.69, 9.17) is 4.99 Å². The van der Waals surface area contributed by atoms with Crippen LogP contribution in [0.5, 0.6) is 0 Å². The van der Waals surface area contributed by atoms with Gasteiger partial charge in [0.05, 0.1) is 11.5 Å². The molecule has 152 valence electrons. The lowest BCUT2D eigenvalue weighted by atomic mass is 10.1. The smallest absolute Gasteiger partial charge is 0.191 e. The fourth-order valence-corrected chi connectivity index (χ4v) is 4.22. The van der Waals surface area contributed by atoms with Gasteiger partial charge in [-0.3, -0.25) is 4.57 Å². The van der Waals surface area contributed by atoms with Crippen molar-refractivity contribution in [2.24, 2.45) is 4.99 Å². The van der Waals surface area contributed by atoms with Crippen LogP contribution in [-0.4, -0.2) is 46.2 Å². The van der Waals surface area contributed by atoms with Crippen LogP contribution in [0.1, 0.15) is 25.3 Å². The van der Waals surface area contributed by atoms with Crippen molar-refractivity contribution in [2.75, 3.05) is 24.5 Å². The molecule has 1 aliphatic heterocycles. The molecule has 0 aromatic carbocycles. The fraction of sp³-hybridized carbons (Fsp3) is 0.381. The zero-order valence-electron chi connectivity index (χ0n) is 16.7. The topological polar surface area (TPSA) is 70.4 Å². The predicted octanol–water partition coefficient (Wildman–Crippen LogP) is 3.05. The molecule has 0 aliphatic carbocycles. The molecule has 8 heteroatoms. The largest absolute Gasteiger partial charge is 0.363 e. The minimum atomic E-state index is 0.450. The molecule has 0 atom stereocenters. The molecule has 4 rings (SSSR count). The van der Waals surface area contributed by atoms with Gasteiger partial charge < -0.3 is 15.5 Å². The van der Waals surface area contributed by atoms with E-state index in [2.05, 4.69) is 56.0 Å². The Bertz CT molecular complexity index is 880. The summed E-state index contributed by atoms with van der Waals surface area (Å²) in [6.07, 6.45) is 9.49. The van der Waals surface area contributed by atoms with Crippen molar-refractivity contribution in [3.63, 3.8) is 0 Å². The SMILES string of the molecule is CCNC(=NCc1ccc(-n2ccnc2)nc1)NC1CCN(c2cccs2)CC1. The second kappa shape index (κ2) is 9.56. The minimum absolute atomic E-state index is 0.450. The van der Waals surface area contributed by atoms with Crippen molar-refractivity contribution >= 4 is 22.3 Å². The zero-order chi connectivity index (χ0) is 19.9. The van der Waals surface area contributed by atoms with Gasteiger partial charge >= 0.3 is 0 Å². The summed E-state index contributed by atoms with van der Waals surface area (Å²) in [6, 6.07) is 8.83. The molecular formula is C21H27N7S. The highest BCUT2D eigenvalue weighted by molar-refractivity contribution is 7.14. The van der Waals surface area contributed by atoms with E-state index in [1.54, 1.807) is 12.5 Å². The number of anilines is 1. The van der Waals surface area contributed by atoms with Crippen LogP contribution in [0.15, 0.2) is 59.6 Å². The first-order valence-corrected chi connectivity index (χ1v) is 11.0. The number of pyridine rings is 1. The van der Waals surface area contributed by atoms with Gasteiger partial charge in [-0.05, 0) is 48.9 Å². The third kappa shape index (κ3) is 5.14. The molecule has 3 aromatic rings. The standard InChI is InChI=1S/C21H27N7S/c1-2-23-21(26-18-7-10-27(11-8-18)20-4-3-13-29-20)25-15-17-5-6-19(24-14-17)28-12-9-22-16-28/h3-6,9,12-14,16,18H,2,7-8,10-11,15H2,1H3,(H2,23,25,26). The van der Waals surface area contributed by atoms with Crippen molar-refractivity contribution in [3.05, 3.63) is 60.1 Å². The van der Waals surface area contributed by atoms with Gasteiger partial charge in [0.2, 0.25) is 0 Å². The van der Waals surface area contributed by atoms with Gasteiger partial charge in [0.15, 0.2) is 5.96 Å². The van der Waals surface area contributed by atoms with E-state index in [-0.39, 0.29) is 0 Å². The van der Waals surface area contributed by atoms with E-state index in [1.807, 2.05) is 34.4 Å². The van der Waals surface area contributed by atoms with Crippen LogP contribution < -0.4 is 15.5 Å². The Morgan fingerprint density at radius 3 is 2.83 bits per heavy atom. The summed E-state index contributed by atoms with van der Waals surface area (Å²) in [7, 11) is 0. The second-order valence-corrected chi connectivity index (χ2v) is 7.97. The van der Waals surface area contributed by atoms with Gasteiger partial charge in [-0.1, -0.05) is 6.07 Å². The van der Waals surface area contributed by atoms with Crippen LogP contribution in [0.4, 0.5) is 5.00 Å². The Hall–Kier alpha value is -2.87. The van der Waals surface area contributed by atoms with Crippen LogP contribution in [0.25, 0.3) is 5.82 Å². The molecule has 29 heavy (non-hydrogen) atoms. The molecule has 1 fully saturated rings. The van der Waals surface area contributed by atoms with Crippen LogP contribution >= 0.6 is 11.3 Å². The van der Waals surface area contributed by atoms with Gasteiger partial charge in [0.1, 0.15) is 12.1 Å². The molecule has 4 heterocycles. The van der Waals surface area contributed by atoms with E-state index in [9.17, 15) is 0 Å². The summed E-state index contributed by atoms with van der Waals surface area (Å²) in [5.41, 5.74) is 1.08. The van der Waals surface area contributed by atoms with Gasteiger partial charge in [-0.2, -0.15) is 0 Å². The lowest BCUT2D eigenvalue weighted by molar-refractivity contribution is 0.463. The number of nitrogens with zero attached hydrogens (tertiary/aromatic N) is 5. The number of thiophene rings is 1. The maximum absolute atomic E-state index is 4.76. The first-order chi connectivity index (χ1) is 14.3. The first kappa shape index (κ1) is 19.4. The monoisotopic (exact) mass is 409 g/mol. The van der Waals surface area contributed by atoms with Crippen molar-refractivity contribution in [1.29, 1.82) is 0 Å². The van der Waals surface area contributed by atoms with E-state index in [0.29, 0.717) is 12.6 Å². The fourth-order valence-electron chi connectivity index (χ4n) is 3.44. The Labute approximate surface area is 175 Å². The number of nitrogens with one attached hydrogen (secondary N) is 2. The highest BCUT2D eigenvalue weighted by Gasteiger charge is 2.20. The molecule has 0 radical (unpaired) electrons. The molecule has 1 aliphatic rings. The number of piperidine rings is 1. The predicted molar refractivity (Wildman–Crippen MR) is 119 cm³/mol. The summed E-state index contributed by atoms with van der Waals surface area (Å²) in [4.78, 5) is 15.8. The lowest BCUT2D eigenvalue weighted by Crippen LogP contribution is -2.48. The minimum Gasteiger partial charge on any atom is -0.363 e. The van der Waals surface area contributed by atoms with Gasteiger partial charge in [0.25, 0.3) is 0 Å². The number of rotatable bonds is 6. The summed E-state index contributed by atoms with van der Waals surface area (Å²) in [6.45, 7) is 5.70. The molecule has 0 spiro atoms. The van der Waals surface area contributed by atoms with Crippen molar-refractivity contribution < 1.29 is 0 Å². The van der Waals surface area contributed by atoms with E-state index in [1.165, 1.54) is 5.00 Å². The molecule has 0 amide bonds. The molecule has 1 saturated heterocycles. The Balaban J connectivity index is 1.32. The summed E-state index contributed by atoms with van der Waals surface area (Å²) in [5.74, 6) is 1.73. The Morgan fingerprint density at radius 2 is 2.17 bits per heavy atom. The van der Waals surface area contributed by atoms with Crippen LogP contribution in [0.2, 0.25) is 0 Å². The number of imidazole rings is 1. The normalized spacial score (nSPS) is 15.5. The second-order valence-electron chi connectivity index (χ2n) is 7.05. The summed E-state index contributed by atoms with van der Waals surface area (Å²) >= 11 is 1.82. The van der Waals surface area contributed by atoms with Gasteiger partial charge in [0, 0.05) is 44.3 Å². The lowest BCUT2D eigenvalue weighted by Gasteiger charge is -2.33. The van der Waals surface area contributed by atoms with Gasteiger partial charge in [-0.25, -0.2) is 15.0 Å². The van der Waals surface area contributed by atoms with Crippen molar-refractivity contribution in [2.45, 2.75) is 32.4 Å². The average Bonchev–Trinajstić information content (AvgIpc) is 3.47. The van der Waals surface area contributed by atoms with Crippen LogP contribution in [0, 0.1) is 0 Å². The number of guanidine groups is 1. The summed E-state index contributed by atoms with van der Waals surface area (Å²) < 4.78 is 1.89. The third-order valence-electron chi connectivity index (χ3n) is 5.00. The molecule has 7 nitrogen and oxygen atoms in total. The highest BCUT2D eigenvalue weighted by atomic mass is 32.1. The van der Waals surface area contributed by atoms with E-state index < -0.39 is 0 Å². The first-order valence-electron chi connectivity index (χ1n) is 10.1. The number of hydrogen-bond acceptors (Lipinski definition) is 5. The molecule has 0 unspecified atom stereocenters. The van der Waals surface area contributed by atoms with Crippen molar-refractivity contribution in [3.8, 4) is 5.82 Å². The highest BCUT2D eigenvalue weighted by Crippen LogP contribution is 2.24. The maximum Gasteiger partial charge on any atom is 0.191 e. The van der Waals surface area contributed by atoms with E-state index >= 15 is 0 Å². The maximum atomic E-state index is 4.76.